The lowest BCUT2D eigenvalue weighted by molar-refractivity contribution is -0.149. The second-order valence-electron chi connectivity index (χ2n) is 7.65. The normalized spacial score (nSPS) is 23.6. The monoisotopic (exact) mass is 379 g/mol. The van der Waals surface area contributed by atoms with Crippen LogP contribution in [0.1, 0.15) is 25.3 Å². The van der Waals surface area contributed by atoms with Crippen LogP contribution in [-0.4, -0.2) is 60.2 Å². The van der Waals surface area contributed by atoms with Crippen molar-refractivity contribution >= 4 is 22.5 Å². The van der Waals surface area contributed by atoms with Crippen LogP contribution in [-0.2, 0) is 9.53 Å². The van der Waals surface area contributed by atoms with Gasteiger partial charge in [0.05, 0.1) is 23.7 Å². The molecular formula is C21H25N5O2. The second-order valence-corrected chi connectivity index (χ2v) is 7.65. The molecule has 1 amide bonds. The summed E-state index contributed by atoms with van der Waals surface area (Å²) in [5.74, 6) is 0.0412. The summed E-state index contributed by atoms with van der Waals surface area (Å²) in [5.41, 5.74) is 8.19. The fraction of sp³-hybridized carbons (Fsp3) is 0.476. The molecule has 2 N–H and O–H groups in total. The summed E-state index contributed by atoms with van der Waals surface area (Å²) in [6.45, 7) is 4.55. The number of benzene rings is 1. The second kappa shape index (κ2) is 7.74. The average Bonchev–Trinajstić information content (AvgIpc) is 2.72. The van der Waals surface area contributed by atoms with Gasteiger partial charge in [-0.3, -0.25) is 9.78 Å². The third-order valence-electron chi connectivity index (χ3n) is 5.59. The maximum absolute atomic E-state index is 13.0. The van der Waals surface area contributed by atoms with Crippen molar-refractivity contribution in [1.82, 2.24) is 9.88 Å². The van der Waals surface area contributed by atoms with E-state index in [9.17, 15) is 10.1 Å². The minimum absolute atomic E-state index is 0.0412. The number of likely N-dealkylation sites (tertiary alicyclic amines) is 1. The van der Waals surface area contributed by atoms with Gasteiger partial charge in [-0.15, -0.1) is 0 Å². The third-order valence-corrected chi connectivity index (χ3v) is 5.59. The molecule has 0 radical (unpaired) electrons. The molecule has 2 fully saturated rings. The summed E-state index contributed by atoms with van der Waals surface area (Å²) in [5, 5.41) is 10.3. The van der Waals surface area contributed by atoms with Crippen LogP contribution in [0, 0.1) is 11.3 Å². The van der Waals surface area contributed by atoms with Crippen LogP contribution in [0.5, 0.6) is 0 Å². The molecule has 0 unspecified atom stereocenters. The largest absolute Gasteiger partial charge is 0.365 e. The average molecular weight is 379 g/mol. The fourth-order valence-corrected chi connectivity index (χ4v) is 4.13. The first-order chi connectivity index (χ1) is 13.6. The summed E-state index contributed by atoms with van der Waals surface area (Å²) in [4.78, 5) is 21.5. The lowest BCUT2D eigenvalue weighted by atomic mass is 10.0. The number of anilines is 1. The van der Waals surface area contributed by atoms with Crippen LogP contribution >= 0.6 is 0 Å². The van der Waals surface area contributed by atoms with E-state index in [0.717, 1.165) is 23.9 Å². The summed E-state index contributed by atoms with van der Waals surface area (Å²) < 4.78 is 6.00. The van der Waals surface area contributed by atoms with Crippen molar-refractivity contribution in [3.63, 3.8) is 0 Å². The van der Waals surface area contributed by atoms with Gasteiger partial charge in [0, 0.05) is 42.9 Å². The number of piperidine rings is 1. The summed E-state index contributed by atoms with van der Waals surface area (Å²) in [7, 11) is 0. The first-order valence-electron chi connectivity index (χ1n) is 9.79. The number of nitrogens with two attached hydrogens (primary N) is 1. The van der Waals surface area contributed by atoms with Crippen LogP contribution in [0.2, 0.25) is 0 Å². The number of amides is 1. The predicted molar refractivity (Wildman–Crippen MR) is 107 cm³/mol. The first kappa shape index (κ1) is 18.7. The van der Waals surface area contributed by atoms with Gasteiger partial charge in [-0.05, 0) is 44.0 Å². The number of pyridine rings is 1. The number of aromatic nitrogens is 1. The Morgan fingerprint density at radius 2 is 2.07 bits per heavy atom. The van der Waals surface area contributed by atoms with Crippen molar-refractivity contribution in [2.45, 2.75) is 38.0 Å². The minimum Gasteiger partial charge on any atom is -0.365 e. The molecule has 28 heavy (non-hydrogen) atoms. The number of ether oxygens (including phenoxy) is 1. The molecule has 0 bridgehead atoms. The zero-order valence-corrected chi connectivity index (χ0v) is 16.0. The molecule has 3 heterocycles. The maximum atomic E-state index is 13.0. The number of hydrogen-bond acceptors (Lipinski definition) is 6. The van der Waals surface area contributed by atoms with E-state index in [4.69, 9.17) is 10.5 Å². The zero-order chi connectivity index (χ0) is 19.7. The Labute approximate surface area is 164 Å². The van der Waals surface area contributed by atoms with Crippen molar-refractivity contribution in [3.05, 3.63) is 36.0 Å². The highest BCUT2D eigenvalue weighted by molar-refractivity contribution is 5.95. The molecule has 0 saturated carbocycles. The Morgan fingerprint density at radius 1 is 1.29 bits per heavy atom. The molecule has 146 valence electrons. The molecule has 0 spiro atoms. The quantitative estimate of drug-likeness (QED) is 0.852. The topological polar surface area (TPSA) is 95.5 Å². The molecule has 4 rings (SSSR count). The number of carbonyl (C=O) groups is 1. The summed E-state index contributed by atoms with van der Waals surface area (Å²) >= 11 is 0. The predicted octanol–water partition coefficient (Wildman–Crippen LogP) is 1.65. The molecule has 2 atom stereocenters. The van der Waals surface area contributed by atoms with E-state index in [1.807, 2.05) is 30.0 Å². The molecule has 2 aliphatic rings. The van der Waals surface area contributed by atoms with Crippen molar-refractivity contribution < 1.29 is 9.53 Å². The van der Waals surface area contributed by atoms with Crippen LogP contribution in [0.25, 0.3) is 10.9 Å². The van der Waals surface area contributed by atoms with E-state index in [1.54, 1.807) is 12.3 Å². The number of morpholine rings is 1. The number of hydrogen-bond donors (Lipinski definition) is 1. The molecule has 1 aromatic heterocycles. The Hall–Kier alpha value is -2.69. The Morgan fingerprint density at radius 3 is 2.82 bits per heavy atom. The van der Waals surface area contributed by atoms with Gasteiger partial charge in [-0.2, -0.15) is 5.26 Å². The number of carbonyl (C=O) groups excluding carboxylic acids is 1. The highest BCUT2D eigenvalue weighted by Crippen LogP contribution is 2.30. The van der Waals surface area contributed by atoms with Crippen molar-refractivity contribution in [2.75, 3.05) is 31.1 Å². The molecule has 7 nitrogen and oxygen atoms in total. The molecule has 0 aliphatic carbocycles. The Balaban J connectivity index is 1.60. The van der Waals surface area contributed by atoms with E-state index < -0.39 is 6.10 Å². The smallest absolute Gasteiger partial charge is 0.253 e. The highest BCUT2D eigenvalue weighted by Gasteiger charge is 2.35. The van der Waals surface area contributed by atoms with Crippen LogP contribution in [0.4, 0.5) is 5.69 Å². The van der Waals surface area contributed by atoms with Gasteiger partial charge in [-0.25, -0.2) is 0 Å². The van der Waals surface area contributed by atoms with E-state index in [0.29, 0.717) is 37.3 Å². The number of fused-ring (bicyclic) bond motifs is 1. The van der Waals surface area contributed by atoms with Crippen LogP contribution in [0.15, 0.2) is 30.5 Å². The van der Waals surface area contributed by atoms with Crippen LogP contribution < -0.4 is 10.6 Å². The number of rotatable bonds is 2. The zero-order valence-electron chi connectivity index (χ0n) is 16.0. The fourth-order valence-electron chi connectivity index (χ4n) is 4.13. The van der Waals surface area contributed by atoms with Gasteiger partial charge in [0.25, 0.3) is 5.91 Å². The first-order valence-corrected chi connectivity index (χ1v) is 9.79. The number of nitrogens with zero attached hydrogens (tertiary/aromatic N) is 4. The molecular weight excluding hydrogens is 354 g/mol. The van der Waals surface area contributed by atoms with Gasteiger partial charge in [0.15, 0.2) is 6.10 Å². The lowest BCUT2D eigenvalue weighted by Gasteiger charge is -2.40. The highest BCUT2D eigenvalue weighted by atomic mass is 16.5. The van der Waals surface area contributed by atoms with Crippen LogP contribution in [0.3, 0.4) is 0 Å². The van der Waals surface area contributed by atoms with Gasteiger partial charge in [0.2, 0.25) is 0 Å². The third kappa shape index (κ3) is 3.53. The minimum atomic E-state index is -0.500. The molecule has 2 saturated heterocycles. The van der Waals surface area contributed by atoms with Gasteiger partial charge in [0.1, 0.15) is 6.07 Å². The van der Waals surface area contributed by atoms with Gasteiger partial charge in [-0.1, -0.05) is 0 Å². The van der Waals surface area contributed by atoms with E-state index >= 15 is 0 Å². The molecule has 1 aromatic carbocycles. The van der Waals surface area contributed by atoms with E-state index in [2.05, 4.69) is 16.0 Å². The van der Waals surface area contributed by atoms with E-state index in [-0.39, 0.29) is 18.1 Å². The van der Waals surface area contributed by atoms with Crippen molar-refractivity contribution in [3.8, 4) is 6.07 Å². The molecule has 2 aliphatic heterocycles. The Kier molecular flexibility index (Phi) is 5.16. The summed E-state index contributed by atoms with van der Waals surface area (Å²) in [6.07, 6.45) is 2.80. The lowest BCUT2D eigenvalue weighted by Crippen LogP contribution is -2.55. The maximum Gasteiger partial charge on any atom is 0.253 e. The van der Waals surface area contributed by atoms with Crippen molar-refractivity contribution in [2.24, 2.45) is 5.73 Å². The SMILES string of the molecule is C[C@@H]1CN(c2ccc(C#N)c3ncccc23)C[C@H](C(=O)N2CCC(N)CC2)O1. The molecule has 7 heteroatoms. The van der Waals surface area contributed by atoms with Gasteiger partial charge < -0.3 is 20.3 Å². The summed E-state index contributed by atoms with van der Waals surface area (Å²) in [6, 6.07) is 9.98. The molecule has 2 aromatic rings. The van der Waals surface area contributed by atoms with E-state index in [1.165, 1.54) is 0 Å². The standard InChI is InChI=1S/C21H25N5O2/c1-14-12-26(13-19(28-14)21(27)25-9-6-16(23)7-10-25)18-5-4-15(11-22)20-17(18)3-2-8-24-20/h2-5,8,14,16,19H,6-7,9-10,12-13,23H2,1H3/t14-,19-/m1/s1. The van der Waals surface area contributed by atoms with Gasteiger partial charge >= 0.3 is 0 Å². The number of nitriles is 1. The Bertz CT molecular complexity index is 917. The van der Waals surface area contributed by atoms with Crippen molar-refractivity contribution in [1.29, 1.82) is 5.26 Å².